The van der Waals surface area contributed by atoms with Gasteiger partial charge in [-0.2, -0.15) is 0 Å². The van der Waals surface area contributed by atoms with E-state index >= 15 is 0 Å². The average Bonchev–Trinajstić information content (AvgIpc) is 2.52. The summed E-state index contributed by atoms with van der Waals surface area (Å²) >= 11 is 0. The van der Waals surface area contributed by atoms with Crippen LogP contribution in [0.4, 0.5) is 0 Å². The van der Waals surface area contributed by atoms with Crippen molar-refractivity contribution in [3.05, 3.63) is 0 Å². The highest BCUT2D eigenvalue weighted by Crippen LogP contribution is 2.16. The summed E-state index contributed by atoms with van der Waals surface area (Å²) in [5.74, 6) is -2.17. The van der Waals surface area contributed by atoms with Crippen LogP contribution in [0.3, 0.4) is 0 Å². The van der Waals surface area contributed by atoms with Gasteiger partial charge in [0.1, 0.15) is 0 Å². The van der Waals surface area contributed by atoms with Crippen LogP contribution in [0.5, 0.6) is 0 Å². The Balaban J connectivity index is -0.000000503. The molecule has 0 unspecified atom stereocenters. The van der Waals surface area contributed by atoms with Crippen LogP contribution in [-0.2, 0) is 9.59 Å². The first kappa shape index (κ1) is 28.7. The zero-order chi connectivity index (χ0) is 20.1. The summed E-state index contributed by atoms with van der Waals surface area (Å²) in [5, 5.41) is 17.8. The van der Waals surface area contributed by atoms with Crippen LogP contribution in [0, 0.1) is 0 Å². The van der Waals surface area contributed by atoms with Crippen molar-refractivity contribution < 1.29 is 24.3 Å². The maximum absolute atomic E-state index is 8.89. The molecule has 0 radical (unpaired) electrons. The molecule has 0 atom stereocenters. The highest BCUT2D eigenvalue weighted by atomic mass is 16.4. The van der Waals surface area contributed by atoms with Crippen LogP contribution in [0.15, 0.2) is 0 Å². The predicted molar refractivity (Wildman–Crippen MR) is 101 cm³/mol. The number of nitrogens with zero attached hydrogens (tertiary/aromatic N) is 1. The van der Waals surface area contributed by atoms with Crippen LogP contribution in [-0.4, -0.2) is 42.6 Å². The summed E-state index contributed by atoms with van der Waals surface area (Å²) in [6, 6.07) is 0. The molecule has 5 heteroatoms. The number of carbonyl (C=O) groups excluding carboxylic acids is 2. The second-order valence-corrected chi connectivity index (χ2v) is 6.63. The highest BCUT2D eigenvalue weighted by molar-refractivity contribution is 5.60. The molecule has 0 aromatic rings. The number of unbranched alkanes of at least 4 members (excludes halogenated alkanes) is 4. The van der Waals surface area contributed by atoms with Gasteiger partial charge in [0.25, 0.3) is 0 Å². The molecule has 0 fully saturated rings. The van der Waals surface area contributed by atoms with Crippen LogP contribution in [0.1, 0.15) is 92.9 Å². The van der Waals surface area contributed by atoms with Crippen LogP contribution in [0.25, 0.3) is 0 Å². The minimum atomic E-state index is -1.08. The number of carbonyl (C=O) groups is 2. The summed E-state index contributed by atoms with van der Waals surface area (Å²) in [4.78, 5) is 17.8. The van der Waals surface area contributed by atoms with E-state index in [2.05, 4.69) is 27.7 Å². The minimum Gasteiger partial charge on any atom is -0.550 e. The molecule has 0 aliphatic heterocycles. The molecule has 0 amide bonds. The fraction of sp³-hybridized carbons (Fsp3) is 0.900. The van der Waals surface area contributed by atoms with Crippen molar-refractivity contribution in [3.63, 3.8) is 0 Å². The summed E-state index contributed by atoms with van der Waals surface area (Å²) in [7, 11) is 0. The van der Waals surface area contributed by atoms with Gasteiger partial charge in [0, 0.05) is 11.9 Å². The van der Waals surface area contributed by atoms with Gasteiger partial charge in [0.15, 0.2) is 0 Å². The Morgan fingerprint density at radius 1 is 0.600 bits per heavy atom. The zero-order valence-electron chi connectivity index (χ0n) is 17.6. The molecule has 0 rings (SSSR count). The number of carboxylic acids is 2. The molecule has 0 aromatic heterocycles. The van der Waals surface area contributed by atoms with Gasteiger partial charge in [0.05, 0.1) is 26.2 Å². The molecule has 0 spiro atoms. The summed E-state index contributed by atoms with van der Waals surface area (Å²) < 4.78 is 1.42. The van der Waals surface area contributed by atoms with Gasteiger partial charge in [-0.05, 0) is 39.5 Å². The van der Waals surface area contributed by atoms with Crippen molar-refractivity contribution in [2.75, 3.05) is 26.2 Å². The monoisotopic (exact) mass is 360 g/mol. The first-order chi connectivity index (χ1) is 11.7. The van der Waals surface area contributed by atoms with Crippen LogP contribution < -0.4 is 10.2 Å². The lowest BCUT2D eigenvalue weighted by molar-refractivity contribution is -0.929. The second kappa shape index (κ2) is 20.9. The SMILES string of the molecule is CC(=O)[O-].CC(=O)[O-].CCCC[N+](CCCC)(CCCC)CCCC. The summed E-state index contributed by atoms with van der Waals surface area (Å²) in [6.45, 7) is 17.0. The van der Waals surface area contributed by atoms with Gasteiger partial charge in [-0.15, -0.1) is 0 Å². The van der Waals surface area contributed by atoms with Crippen molar-refractivity contribution in [3.8, 4) is 0 Å². The van der Waals surface area contributed by atoms with Crippen molar-refractivity contribution >= 4 is 11.9 Å². The normalized spacial score (nSPS) is 10.2. The van der Waals surface area contributed by atoms with E-state index in [1.54, 1.807) is 0 Å². The number of aliphatic carboxylic acids is 2. The number of quaternary nitrogens is 1. The van der Waals surface area contributed by atoms with Gasteiger partial charge in [-0.3, -0.25) is 0 Å². The molecular weight excluding hydrogens is 318 g/mol. The molecule has 152 valence electrons. The Hall–Kier alpha value is -1.10. The summed E-state index contributed by atoms with van der Waals surface area (Å²) in [6.07, 6.45) is 11.1. The molecule has 5 nitrogen and oxygen atoms in total. The molecule has 0 N–H and O–H groups in total. The molecular formula is C20H42NO4-. The molecule has 0 saturated heterocycles. The lowest BCUT2D eigenvalue weighted by Gasteiger charge is -2.39. The van der Waals surface area contributed by atoms with E-state index in [4.69, 9.17) is 19.8 Å². The van der Waals surface area contributed by atoms with E-state index in [9.17, 15) is 0 Å². The highest BCUT2D eigenvalue weighted by Gasteiger charge is 2.24. The van der Waals surface area contributed by atoms with Crippen molar-refractivity contribution in [2.24, 2.45) is 0 Å². The van der Waals surface area contributed by atoms with Gasteiger partial charge in [0.2, 0.25) is 0 Å². The van der Waals surface area contributed by atoms with Crippen LogP contribution in [0.2, 0.25) is 0 Å². The molecule has 0 aliphatic carbocycles. The third-order valence-corrected chi connectivity index (χ3v) is 3.94. The quantitative estimate of drug-likeness (QED) is 0.501. The van der Waals surface area contributed by atoms with Crippen molar-refractivity contribution in [2.45, 2.75) is 92.9 Å². The number of hydrogen-bond donors (Lipinski definition) is 0. The lowest BCUT2D eigenvalue weighted by Crippen LogP contribution is -2.50. The van der Waals surface area contributed by atoms with E-state index in [0.717, 1.165) is 13.8 Å². The first-order valence-corrected chi connectivity index (χ1v) is 9.91. The standard InChI is InChI=1S/C16H36N.2C2H4O2/c1-5-9-13-17(14-10-6-2,15-11-7-3)16-12-8-4;2*1-2(3)4/h5-16H2,1-4H3;2*1H3,(H,3,4)/q+1;;/p-2. The molecule has 0 bridgehead atoms. The second-order valence-electron chi connectivity index (χ2n) is 6.63. The van der Waals surface area contributed by atoms with Gasteiger partial charge >= 0.3 is 0 Å². The predicted octanol–water partition coefficient (Wildman–Crippen LogP) is 2.52. The number of hydrogen-bond acceptors (Lipinski definition) is 4. The fourth-order valence-electron chi connectivity index (χ4n) is 2.64. The fourth-order valence-corrected chi connectivity index (χ4v) is 2.64. The Morgan fingerprint density at radius 2 is 0.760 bits per heavy atom. The van der Waals surface area contributed by atoms with Gasteiger partial charge in [-0.1, -0.05) is 53.4 Å². The molecule has 25 heavy (non-hydrogen) atoms. The maximum atomic E-state index is 8.89. The Morgan fingerprint density at radius 3 is 0.880 bits per heavy atom. The third kappa shape index (κ3) is 28.0. The van der Waals surface area contributed by atoms with Gasteiger partial charge < -0.3 is 24.3 Å². The number of rotatable bonds is 12. The van der Waals surface area contributed by atoms with E-state index in [1.807, 2.05) is 0 Å². The zero-order valence-corrected chi connectivity index (χ0v) is 17.6. The van der Waals surface area contributed by atoms with Crippen molar-refractivity contribution in [1.82, 2.24) is 0 Å². The Kier molecular flexibility index (Phi) is 24.0. The minimum absolute atomic E-state index is 0.972. The van der Waals surface area contributed by atoms with Crippen LogP contribution >= 0.6 is 0 Å². The summed E-state index contributed by atoms with van der Waals surface area (Å²) in [5.41, 5.74) is 0. The molecule has 0 heterocycles. The Labute approximate surface area is 156 Å². The lowest BCUT2D eigenvalue weighted by atomic mass is 10.1. The van der Waals surface area contributed by atoms with Gasteiger partial charge in [-0.25, -0.2) is 0 Å². The maximum Gasteiger partial charge on any atom is 0.0786 e. The molecule has 0 saturated carbocycles. The Bertz CT molecular complexity index is 249. The number of carboxylic acid groups (broad SMARTS) is 2. The largest absolute Gasteiger partial charge is 0.550 e. The van der Waals surface area contributed by atoms with E-state index in [0.29, 0.717) is 0 Å². The smallest absolute Gasteiger partial charge is 0.0786 e. The molecule has 0 aliphatic rings. The van der Waals surface area contributed by atoms with Crippen molar-refractivity contribution in [1.29, 1.82) is 0 Å². The van der Waals surface area contributed by atoms with E-state index < -0.39 is 11.9 Å². The third-order valence-electron chi connectivity index (χ3n) is 3.94. The topological polar surface area (TPSA) is 80.3 Å². The van der Waals surface area contributed by atoms with E-state index in [-0.39, 0.29) is 0 Å². The average molecular weight is 361 g/mol. The van der Waals surface area contributed by atoms with E-state index in [1.165, 1.54) is 82.0 Å². The first-order valence-electron chi connectivity index (χ1n) is 9.91. The molecule has 0 aromatic carbocycles.